The van der Waals surface area contributed by atoms with Crippen LogP contribution in [0, 0.1) is 0 Å². The first-order chi connectivity index (χ1) is 13.6. The van der Waals surface area contributed by atoms with Crippen LogP contribution in [0.15, 0.2) is 42.7 Å². The lowest BCUT2D eigenvalue weighted by Gasteiger charge is -2.34. The molecule has 0 saturated carbocycles. The highest BCUT2D eigenvalue weighted by Gasteiger charge is 2.23. The van der Waals surface area contributed by atoms with Gasteiger partial charge in [-0.25, -0.2) is 4.98 Å². The Hall–Kier alpha value is -2.51. The number of hydrogen-bond acceptors (Lipinski definition) is 6. The standard InChI is InChI=1S/C21H24N4O2S/c1-15(2)27-17-11-16(12-22-13-17)21(26)25-9-7-24(8-10-25)14-20-23-18-5-3-4-6-19(18)28-20/h3-6,11-13,15H,7-10,14H2,1-2H3. The number of benzene rings is 1. The van der Waals surface area contributed by atoms with Crippen LogP contribution in [0.1, 0.15) is 29.2 Å². The molecule has 2 aromatic heterocycles. The summed E-state index contributed by atoms with van der Waals surface area (Å²) >= 11 is 1.75. The lowest BCUT2D eigenvalue weighted by molar-refractivity contribution is 0.0627. The van der Waals surface area contributed by atoms with E-state index in [4.69, 9.17) is 9.72 Å². The van der Waals surface area contributed by atoms with E-state index in [2.05, 4.69) is 22.0 Å². The molecule has 1 aliphatic heterocycles. The van der Waals surface area contributed by atoms with Gasteiger partial charge in [0.1, 0.15) is 10.8 Å². The zero-order chi connectivity index (χ0) is 19.5. The van der Waals surface area contributed by atoms with Gasteiger partial charge >= 0.3 is 0 Å². The Balaban J connectivity index is 1.35. The van der Waals surface area contributed by atoms with E-state index in [-0.39, 0.29) is 12.0 Å². The number of ether oxygens (including phenoxy) is 1. The zero-order valence-electron chi connectivity index (χ0n) is 16.2. The summed E-state index contributed by atoms with van der Waals surface area (Å²) < 4.78 is 6.88. The van der Waals surface area contributed by atoms with Crippen molar-refractivity contribution in [3.8, 4) is 5.75 Å². The second-order valence-electron chi connectivity index (χ2n) is 7.22. The van der Waals surface area contributed by atoms with Gasteiger partial charge in [-0.3, -0.25) is 14.7 Å². The molecule has 3 heterocycles. The Kier molecular flexibility index (Phi) is 5.54. The van der Waals surface area contributed by atoms with E-state index in [1.54, 1.807) is 29.8 Å². The van der Waals surface area contributed by atoms with Gasteiger partial charge in [0.05, 0.1) is 34.6 Å². The molecule has 146 valence electrons. The van der Waals surface area contributed by atoms with Gasteiger partial charge in [-0.05, 0) is 32.0 Å². The molecule has 1 aromatic carbocycles. The molecule has 0 radical (unpaired) electrons. The number of carbonyl (C=O) groups is 1. The monoisotopic (exact) mass is 396 g/mol. The van der Waals surface area contributed by atoms with Crippen molar-refractivity contribution in [2.75, 3.05) is 26.2 Å². The Morgan fingerprint density at radius 1 is 1.18 bits per heavy atom. The molecule has 1 aliphatic rings. The highest BCUT2D eigenvalue weighted by Crippen LogP contribution is 2.23. The van der Waals surface area contributed by atoms with Crippen LogP contribution in [-0.2, 0) is 6.54 Å². The van der Waals surface area contributed by atoms with Gasteiger partial charge < -0.3 is 9.64 Å². The van der Waals surface area contributed by atoms with Crippen molar-refractivity contribution in [2.45, 2.75) is 26.5 Å². The van der Waals surface area contributed by atoms with Crippen LogP contribution >= 0.6 is 11.3 Å². The number of piperazine rings is 1. The smallest absolute Gasteiger partial charge is 0.255 e. The molecule has 3 aromatic rings. The van der Waals surface area contributed by atoms with Gasteiger partial charge in [-0.2, -0.15) is 0 Å². The highest BCUT2D eigenvalue weighted by atomic mass is 32.1. The molecule has 0 N–H and O–H groups in total. The topological polar surface area (TPSA) is 58.6 Å². The summed E-state index contributed by atoms with van der Waals surface area (Å²) in [6.07, 6.45) is 3.31. The maximum absolute atomic E-state index is 12.8. The minimum atomic E-state index is 0.0151. The van der Waals surface area contributed by atoms with Crippen molar-refractivity contribution in [3.05, 3.63) is 53.3 Å². The van der Waals surface area contributed by atoms with Gasteiger partial charge in [-0.15, -0.1) is 11.3 Å². The maximum Gasteiger partial charge on any atom is 0.255 e. The Bertz CT molecular complexity index is 931. The molecule has 0 atom stereocenters. The summed E-state index contributed by atoms with van der Waals surface area (Å²) in [5.74, 6) is 0.650. The largest absolute Gasteiger partial charge is 0.489 e. The maximum atomic E-state index is 12.8. The lowest BCUT2D eigenvalue weighted by Crippen LogP contribution is -2.48. The van der Waals surface area contributed by atoms with Crippen molar-refractivity contribution in [2.24, 2.45) is 0 Å². The van der Waals surface area contributed by atoms with Crippen molar-refractivity contribution in [3.63, 3.8) is 0 Å². The molecule has 1 fully saturated rings. The van der Waals surface area contributed by atoms with Gasteiger partial charge in [0.2, 0.25) is 0 Å². The Morgan fingerprint density at radius 3 is 2.71 bits per heavy atom. The summed E-state index contributed by atoms with van der Waals surface area (Å²) in [5, 5.41) is 1.13. The third-order valence-electron chi connectivity index (χ3n) is 4.69. The van der Waals surface area contributed by atoms with Crippen molar-refractivity contribution in [1.29, 1.82) is 0 Å². The molecule has 7 heteroatoms. The fourth-order valence-electron chi connectivity index (χ4n) is 3.34. The number of hydrogen-bond donors (Lipinski definition) is 0. The normalized spacial score (nSPS) is 15.3. The van der Waals surface area contributed by atoms with E-state index in [9.17, 15) is 4.79 Å². The first kappa shape index (κ1) is 18.8. The summed E-state index contributed by atoms with van der Waals surface area (Å²) in [5.41, 5.74) is 1.64. The average molecular weight is 397 g/mol. The molecule has 0 spiro atoms. The number of aromatic nitrogens is 2. The third kappa shape index (κ3) is 4.31. The van der Waals surface area contributed by atoms with Crippen LogP contribution in [0.25, 0.3) is 10.2 Å². The molecule has 28 heavy (non-hydrogen) atoms. The molecule has 0 bridgehead atoms. The van der Waals surface area contributed by atoms with Crippen LogP contribution < -0.4 is 4.74 Å². The first-order valence-corrected chi connectivity index (χ1v) is 10.4. The molecule has 1 amide bonds. The van der Waals surface area contributed by atoms with Gasteiger partial charge in [-0.1, -0.05) is 12.1 Å². The average Bonchev–Trinajstić information content (AvgIpc) is 3.10. The van der Waals surface area contributed by atoms with Crippen LogP contribution in [0.4, 0.5) is 0 Å². The van der Waals surface area contributed by atoms with Crippen LogP contribution in [0.3, 0.4) is 0 Å². The van der Waals surface area contributed by atoms with E-state index in [0.717, 1.165) is 30.2 Å². The number of fused-ring (bicyclic) bond motifs is 1. The Morgan fingerprint density at radius 2 is 1.96 bits per heavy atom. The predicted molar refractivity (Wildman–Crippen MR) is 111 cm³/mol. The van der Waals surface area contributed by atoms with E-state index in [1.165, 1.54) is 4.70 Å². The van der Waals surface area contributed by atoms with E-state index >= 15 is 0 Å². The summed E-state index contributed by atoms with van der Waals surface area (Å²) in [6.45, 7) is 7.85. The van der Waals surface area contributed by atoms with Gasteiger partial charge in [0, 0.05) is 32.4 Å². The number of amides is 1. The van der Waals surface area contributed by atoms with Crippen LogP contribution in [0.5, 0.6) is 5.75 Å². The molecular formula is C21H24N4O2S. The third-order valence-corrected chi connectivity index (χ3v) is 5.71. The summed E-state index contributed by atoms with van der Waals surface area (Å²) in [6, 6.07) is 10.0. The van der Waals surface area contributed by atoms with Crippen LogP contribution in [-0.4, -0.2) is 58.0 Å². The molecule has 0 aliphatic carbocycles. The molecule has 0 unspecified atom stereocenters. The van der Waals surface area contributed by atoms with Crippen LogP contribution in [0.2, 0.25) is 0 Å². The number of carbonyl (C=O) groups excluding carboxylic acids is 1. The molecule has 4 rings (SSSR count). The van der Waals surface area contributed by atoms with Gasteiger partial charge in [0.15, 0.2) is 0 Å². The number of para-hydroxylation sites is 1. The second kappa shape index (κ2) is 8.24. The van der Waals surface area contributed by atoms with E-state index < -0.39 is 0 Å². The molecule has 1 saturated heterocycles. The molecular weight excluding hydrogens is 372 g/mol. The zero-order valence-corrected chi connectivity index (χ0v) is 17.0. The minimum Gasteiger partial charge on any atom is -0.489 e. The summed E-state index contributed by atoms with van der Waals surface area (Å²) in [4.78, 5) is 25.9. The number of thiazole rings is 1. The highest BCUT2D eigenvalue weighted by molar-refractivity contribution is 7.18. The minimum absolute atomic E-state index is 0.0151. The Labute approximate surface area is 168 Å². The molecule has 6 nitrogen and oxygen atoms in total. The van der Waals surface area contributed by atoms with E-state index in [1.807, 2.05) is 30.9 Å². The van der Waals surface area contributed by atoms with E-state index in [0.29, 0.717) is 24.4 Å². The van der Waals surface area contributed by atoms with Crippen molar-refractivity contribution >= 4 is 27.5 Å². The quantitative estimate of drug-likeness (QED) is 0.661. The fraction of sp³-hybridized carbons (Fsp3) is 0.381. The number of rotatable bonds is 5. The number of nitrogens with zero attached hydrogens (tertiary/aromatic N) is 4. The fourth-order valence-corrected chi connectivity index (χ4v) is 4.35. The lowest BCUT2D eigenvalue weighted by atomic mass is 10.2. The summed E-state index contributed by atoms with van der Waals surface area (Å²) in [7, 11) is 0. The SMILES string of the molecule is CC(C)Oc1cncc(C(=O)N2CCN(Cc3nc4ccccc4s3)CC2)c1. The predicted octanol–water partition coefficient (Wildman–Crippen LogP) is 3.44. The second-order valence-corrected chi connectivity index (χ2v) is 8.33. The van der Waals surface area contributed by atoms with Crippen molar-refractivity contribution < 1.29 is 9.53 Å². The van der Waals surface area contributed by atoms with Crippen molar-refractivity contribution in [1.82, 2.24) is 19.8 Å². The first-order valence-electron chi connectivity index (χ1n) is 9.56. The van der Waals surface area contributed by atoms with Gasteiger partial charge in [0.25, 0.3) is 5.91 Å². The number of pyridine rings is 1.